The molecule has 3 N–H and O–H groups in total. The molecule has 0 amide bonds. The molecule has 1 aromatic rings. The molecule has 0 spiro atoms. The van der Waals surface area contributed by atoms with Crippen molar-refractivity contribution in [3.8, 4) is 0 Å². The molecule has 16 heavy (non-hydrogen) atoms. The van der Waals surface area contributed by atoms with E-state index in [0.717, 1.165) is 6.26 Å². The third-order valence-corrected chi connectivity index (χ3v) is 3.44. The SMILES string of the molecule is CS(=O)(=O)c1ccc([C@H](N)C(=O)O)c(Cl)c1. The summed E-state index contributed by atoms with van der Waals surface area (Å²) in [6.45, 7) is 0. The maximum Gasteiger partial charge on any atom is 0.325 e. The molecule has 0 heterocycles. The molecule has 1 aromatic carbocycles. The second-order valence-electron chi connectivity index (χ2n) is 3.27. The summed E-state index contributed by atoms with van der Waals surface area (Å²) in [5, 5.41) is 8.71. The van der Waals surface area contributed by atoms with Crippen LogP contribution in [0.5, 0.6) is 0 Å². The first kappa shape index (κ1) is 13.0. The number of rotatable bonds is 3. The highest BCUT2D eigenvalue weighted by atomic mass is 35.5. The van der Waals surface area contributed by atoms with Crippen molar-refractivity contribution in [3.63, 3.8) is 0 Å². The molecule has 0 saturated heterocycles. The van der Waals surface area contributed by atoms with E-state index in [4.69, 9.17) is 22.4 Å². The van der Waals surface area contributed by atoms with Gasteiger partial charge in [-0.1, -0.05) is 17.7 Å². The summed E-state index contributed by atoms with van der Waals surface area (Å²) in [5.74, 6) is -1.23. The van der Waals surface area contributed by atoms with E-state index < -0.39 is 21.8 Å². The molecule has 0 aliphatic rings. The van der Waals surface area contributed by atoms with Crippen molar-refractivity contribution < 1.29 is 18.3 Å². The minimum atomic E-state index is -3.36. The minimum Gasteiger partial charge on any atom is -0.480 e. The monoisotopic (exact) mass is 263 g/mol. The molecule has 7 heteroatoms. The van der Waals surface area contributed by atoms with Gasteiger partial charge in [0.05, 0.1) is 4.90 Å². The third kappa shape index (κ3) is 2.72. The van der Waals surface area contributed by atoms with Crippen LogP contribution in [-0.2, 0) is 14.6 Å². The Kier molecular flexibility index (Phi) is 3.57. The van der Waals surface area contributed by atoms with Crippen LogP contribution in [0.3, 0.4) is 0 Å². The van der Waals surface area contributed by atoms with Crippen molar-refractivity contribution in [2.24, 2.45) is 5.73 Å². The van der Waals surface area contributed by atoms with Crippen LogP contribution in [-0.4, -0.2) is 25.7 Å². The molecular weight excluding hydrogens is 254 g/mol. The van der Waals surface area contributed by atoms with Gasteiger partial charge in [-0.25, -0.2) is 8.42 Å². The first-order valence-corrected chi connectivity index (χ1v) is 6.48. The molecule has 0 saturated carbocycles. The van der Waals surface area contributed by atoms with Gasteiger partial charge < -0.3 is 10.8 Å². The molecule has 0 aliphatic carbocycles. The number of hydrogen-bond donors (Lipinski definition) is 2. The van der Waals surface area contributed by atoms with Gasteiger partial charge in [-0.05, 0) is 17.7 Å². The number of carboxylic acids is 1. The molecule has 1 atom stereocenters. The standard InChI is InChI=1S/C9H10ClNO4S/c1-16(14,15)5-2-3-6(7(10)4-5)8(11)9(12)13/h2-4,8H,11H2,1H3,(H,12,13)/t8-/m0/s1. The topological polar surface area (TPSA) is 97.5 Å². The van der Waals surface area contributed by atoms with E-state index >= 15 is 0 Å². The number of sulfone groups is 1. The maximum absolute atomic E-state index is 11.2. The Balaban J connectivity index is 3.25. The number of benzene rings is 1. The second-order valence-corrected chi connectivity index (χ2v) is 5.69. The average Bonchev–Trinajstić information content (AvgIpc) is 2.15. The average molecular weight is 264 g/mol. The first-order chi connectivity index (χ1) is 7.23. The van der Waals surface area contributed by atoms with Crippen LogP contribution < -0.4 is 5.73 Å². The van der Waals surface area contributed by atoms with Crippen molar-refractivity contribution in [3.05, 3.63) is 28.8 Å². The van der Waals surface area contributed by atoms with E-state index in [1.807, 2.05) is 0 Å². The second kappa shape index (κ2) is 4.40. The fourth-order valence-corrected chi connectivity index (χ4v) is 2.13. The number of nitrogens with two attached hydrogens (primary N) is 1. The van der Waals surface area contributed by atoms with Gasteiger partial charge in [0.1, 0.15) is 6.04 Å². The van der Waals surface area contributed by atoms with Crippen LogP contribution in [0.4, 0.5) is 0 Å². The van der Waals surface area contributed by atoms with Crippen molar-refractivity contribution >= 4 is 27.4 Å². The van der Waals surface area contributed by atoms with Gasteiger partial charge in [0.15, 0.2) is 9.84 Å². The Bertz CT molecular complexity index is 526. The van der Waals surface area contributed by atoms with Crippen molar-refractivity contribution in [2.75, 3.05) is 6.26 Å². The van der Waals surface area contributed by atoms with Crippen molar-refractivity contribution in [1.82, 2.24) is 0 Å². The van der Waals surface area contributed by atoms with Crippen molar-refractivity contribution in [2.45, 2.75) is 10.9 Å². The fourth-order valence-electron chi connectivity index (χ4n) is 1.12. The van der Waals surface area contributed by atoms with Gasteiger partial charge in [-0.2, -0.15) is 0 Å². The Morgan fingerprint density at radius 2 is 2.06 bits per heavy atom. The smallest absolute Gasteiger partial charge is 0.325 e. The van der Waals surface area contributed by atoms with Crippen LogP contribution in [0.15, 0.2) is 23.1 Å². The molecule has 0 unspecified atom stereocenters. The normalized spacial score (nSPS) is 13.4. The lowest BCUT2D eigenvalue weighted by Crippen LogP contribution is -2.21. The molecule has 0 aliphatic heterocycles. The van der Waals surface area contributed by atoms with Crippen LogP contribution in [0, 0.1) is 0 Å². The first-order valence-electron chi connectivity index (χ1n) is 4.21. The maximum atomic E-state index is 11.2. The van der Waals surface area contributed by atoms with Gasteiger partial charge in [0.2, 0.25) is 0 Å². The summed E-state index contributed by atoms with van der Waals surface area (Å²) >= 11 is 5.77. The van der Waals surface area contributed by atoms with E-state index in [1.54, 1.807) is 0 Å². The number of carboxylic acid groups (broad SMARTS) is 1. The lowest BCUT2D eigenvalue weighted by atomic mass is 10.1. The number of hydrogen-bond acceptors (Lipinski definition) is 4. The highest BCUT2D eigenvalue weighted by Crippen LogP contribution is 2.25. The summed E-state index contributed by atoms with van der Waals surface area (Å²) in [6.07, 6.45) is 1.04. The van der Waals surface area contributed by atoms with E-state index in [9.17, 15) is 13.2 Å². The van der Waals surface area contributed by atoms with E-state index in [0.29, 0.717) is 0 Å². The van der Waals surface area contributed by atoms with Gasteiger partial charge in [0, 0.05) is 11.3 Å². The Morgan fingerprint density at radius 3 is 2.44 bits per heavy atom. The highest BCUT2D eigenvalue weighted by molar-refractivity contribution is 7.90. The molecule has 0 fully saturated rings. The molecule has 0 aromatic heterocycles. The van der Waals surface area contributed by atoms with Crippen LogP contribution >= 0.6 is 11.6 Å². The lowest BCUT2D eigenvalue weighted by molar-refractivity contribution is -0.138. The van der Waals surface area contributed by atoms with Gasteiger partial charge in [0.25, 0.3) is 0 Å². The molecular formula is C9H10ClNO4S. The van der Waals surface area contributed by atoms with E-state index in [1.165, 1.54) is 18.2 Å². The summed E-state index contributed by atoms with van der Waals surface area (Å²) in [5.41, 5.74) is 5.55. The minimum absolute atomic E-state index is 0.0258. The third-order valence-electron chi connectivity index (χ3n) is 2.00. The summed E-state index contributed by atoms with van der Waals surface area (Å²) in [7, 11) is -3.36. The molecule has 0 bridgehead atoms. The largest absolute Gasteiger partial charge is 0.480 e. The zero-order valence-corrected chi connectivity index (χ0v) is 9.92. The molecule has 0 radical (unpaired) electrons. The zero-order chi connectivity index (χ0) is 12.5. The lowest BCUT2D eigenvalue weighted by Gasteiger charge is -2.09. The summed E-state index contributed by atoms with van der Waals surface area (Å²) in [6, 6.07) is 2.51. The molecule has 88 valence electrons. The van der Waals surface area contributed by atoms with Gasteiger partial charge in [-0.15, -0.1) is 0 Å². The number of halogens is 1. The quantitative estimate of drug-likeness (QED) is 0.842. The van der Waals surface area contributed by atoms with Crippen LogP contribution in [0.1, 0.15) is 11.6 Å². The highest BCUT2D eigenvalue weighted by Gasteiger charge is 2.19. The number of carbonyl (C=O) groups is 1. The summed E-state index contributed by atoms with van der Waals surface area (Å²) < 4.78 is 22.4. The van der Waals surface area contributed by atoms with E-state index in [2.05, 4.69) is 0 Å². The van der Waals surface area contributed by atoms with Crippen molar-refractivity contribution in [1.29, 1.82) is 0 Å². The zero-order valence-electron chi connectivity index (χ0n) is 8.34. The van der Waals surface area contributed by atoms with Crippen LogP contribution in [0.25, 0.3) is 0 Å². The molecule has 5 nitrogen and oxygen atoms in total. The number of aliphatic carboxylic acids is 1. The van der Waals surface area contributed by atoms with Gasteiger partial charge in [-0.3, -0.25) is 4.79 Å². The molecule has 1 rings (SSSR count). The predicted octanol–water partition coefficient (Wildman–Crippen LogP) is 0.828. The van der Waals surface area contributed by atoms with Crippen LogP contribution in [0.2, 0.25) is 5.02 Å². The Hall–Kier alpha value is -1.11. The van der Waals surface area contributed by atoms with E-state index in [-0.39, 0.29) is 15.5 Å². The Morgan fingerprint density at radius 1 is 1.50 bits per heavy atom. The Labute approximate surface area is 97.8 Å². The predicted molar refractivity (Wildman–Crippen MR) is 59.1 cm³/mol. The summed E-state index contributed by atoms with van der Waals surface area (Å²) in [4.78, 5) is 10.7. The fraction of sp³-hybridized carbons (Fsp3) is 0.222. The van der Waals surface area contributed by atoms with Gasteiger partial charge >= 0.3 is 5.97 Å².